The van der Waals surface area contributed by atoms with Gasteiger partial charge in [0, 0.05) is 19.1 Å². The van der Waals surface area contributed by atoms with Gasteiger partial charge in [0.25, 0.3) is 0 Å². The van der Waals surface area contributed by atoms with Gasteiger partial charge in [0.2, 0.25) is 5.91 Å². The van der Waals surface area contributed by atoms with Gasteiger partial charge in [-0.05, 0) is 31.9 Å². The van der Waals surface area contributed by atoms with Gasteiger partial charge in [-0.3, -0.25) is 9.36 Å². The minimum absolute atomic E-state index is 0.0599. The molecular formula is C17H21N3O3. The number of para-hydroxylation sites is 2. The van der Waals surface area contributed by atoms with E-state index in [0.717, 1.165) is 23.9 Å². The van der Waals surface area contributed by atoms with E-state index in [0.29, 0.717) is 26.3 Å². The van der Waals surface area contributed by atoms with Crippen LogP contribution in [0.5, 0.6) is 0 Å². The lowest BCUT2D eigenvalue weighted by atomic mass is 9.86. The lowest BCUT2D eigenvalue weighted by Gasteiger charge is -2.42. The van der Waals surface area contributed by atoms with Crippen molar-refractivity contribution < 1.29 is 9.53 Å². The number of benzene rings is 1. The van der Waals surface area contributed by atoms with Gasteiger partial charge in [-0.1, -0.05) is 12.1 Å². The molecule has 0 radical (unpaired) electrons. The molecule has 0 spiro atoms. The van der Waals surface area contributed by atoms with Gasteiger partial charge in [-0.15, -0.1) is 0 Å². The van der Waals surface area contributed by atoms with Crippen molar-refractivity contribution in [2.24, 2.45) is 5.41 Å². The first-order valence-corrected chi connectivity index (χ1v) is 8.15. The van der Waals surface area contributed by atoms with Gasteiger partial charge in [-0.25, -0.2) is 4.79 Å². The van der Waals surface area contributed by atoms with Gasteiger partial charge in [0.1, 0.15) is 0 Å². The third kappa shape index (κ3) is 2.28. The SMILES string of the molecule is CC1(C(=O)N2CCC(n3c(=O)[nH]c4ccccc43)CC2)COC1. The number of amides is 1. The monoisotopic (exact) mass is 315 g/mol. The standard InChI is InChI=1S/C17H21N3O3/c1-17(10-23-11-17)15(21)19-8-6-12(7-9-19)20-14-5-3-2-4-13(14)18-16(20)22/h2-5,12H,6-11H2,1H3,(H,18,22). The highest BCUT2D eigenvalue weighted by Crippen LogP contribution is 2.32. The van der Waals surface area contributed by atoms with Crippen LogP contribution in [0.2, 0.25) is 0 Å². The molecule has 3 heterocycles. The number of piperidine rings is 1. The Kier molecular flexibility index (Phi) is 3.30. The zero-order chi connectivity index (χ0) is 16.0. The number of likely N-dealkylation sites (tertiary alicyclic amines) is 1. The number of nitrogens with zero attached hydrogens (tertiary/aromatic N) is 2. The number of hydrogen-bond acceptors (Lipinski definition) is 3. The maximum absolute atomic E-state index is 12.5. The van der Waals surface area contributed by atoms with E-state index in [2.05, 4.69) is 4.98 Å². The summed E-state index contributed by atoms with van der Waals surface area (Å²) in [5.74, 6) is 0.188. The first kappa shape index (κ1) is 14.5. The maximum Gasteiger partial charge on any atom is 0.326 e. The molecule has 1 aromatic carbocycles. The summed E-state index contributed by atoms with van der Waals surface area (Å²) in [5, 5.41) is 0. The summed E-state index contributed by atoms with van der Waals surface area (Å²) in [6.45, 7) is 4.41. The highest BCUT2D eigenvalue weighted by Gasteiger charge is 2.44. The van der Waals surface area contributed by atoms with E-state index in [1.165, 1.54) is 0 Å². The second kappa shape index (κ2) is 5.23. The Morgan fingerprint density at radius 3 is 2.61 bits per heavy atom. The van der Waals surface area contributed by atoms with Gasteiger partial charge in [0.05, 0.1) is 29.7 Å². The molecule has 2 aliphatic rings. The number of H-pyrrole nitrogens is 1. The number of hydrogen-bond donors (Lipinski definition) is 1. The number of carbonyl (C=O) groups excluding carboxylic acids is 1. The van der Waals surface area contributed by atoms with Crippen LogP contribution in [-0.2, 0) is 9.53 Å². The van der Waals surface area contributed by atoms with Gasteiger partial charge >= 0.3 is 5.69 Å². The first-order valence-electron chi connectivity index (χ1n) is 8.15. The average molecular weight is 315 g/mol. The number of rotatable bonds is 2. The third-order valence-corrected chi connectivity index (χ3v) is 5.10. The molecule has 122 valence electrons. The van der Waals surface area contributed by atoms with Gasteiger partial charge < -0.3 is 14.6 Å². The Morgan fingerprint density at radius 2 is 1.96 bits per heavy atom. The van der Waals surface area contributed by atoms with Gasteiger partial charge in [-0.2, -0.15) is 0 Å². The molecule has 0 saturated carbocycles. The molecule has 23 heavy (non-hydrogen) atoms. The fourth-order valence-corrected chi connectivity index (χ4v) is 3.68. The van der Waals surface area contributed by atoms with Crippen molar-refractivity contribution in [2.45, 2.75) is 25.8 Å². The van der Waals surface area contributed by atoms with E-state index >= 15 is 0 Å². The van der Waals surface area contributed by atoms with E-state index in [-0.39, 0.29) is 23.1 Å². The molecule has 1 aromatic heterocycles. The van der Waals surface area contributed by atoms with Crippen molar-refractivity contribution in [3.63, 3.8) is 0 Å². The Bertz CT molecular complexity index is 795. The second-order valence-electron chi connectivity index (χ2n) is 6.89. The van der Waals surface area contributed by atoms with Crippen LogP contribution in [0.15, 0.2) is 29.1 Å². The Labute approximate surface area is 134 Å². The molecule has 1 amide bonds. The lowest BCUT2D eigenvalue weighted by Crippen LogP contribution is -2.55. The lowest BCUT2D eigenvalue weighted by molar-refractivity contribution is -0.169. The summed E-state index contributed by atoms with van der Waals surface area (Å²) in [6, 6.07) is 7.90. The molecule has 0 bridgehead atoms. The van der Waals surface area contributed by atoms with Crippen LogP contribution in [0.4, 0.5) is 0 Å². The van der Waals surface area contributed by atoms with Crippen LogP contribution in [0.25, 0.3) is 11.0 Å². The number of aromatic amines is 1. The largest absolute Gasteiger partial charge is 0.379 e. The molecule has 2 aliphatic heterocycles. The van der Waals surface area contributed by atoms with Crippen molar-refractivity contribution >= 4 is 16.9 Å². The predicted molar refractivity (Wildman–Crippen MR) is 86.3 cm³/mol. The van der Waals surface area contributed by atoms with E-state index in [4.69, 9.17) is 4.74 Å². The van der Waals surface area contributed by atoms with Crippen LogP contribution in [0.3, 0.4) is 0 Å². The number of imidazole rings is 1. The highest BCUT2D eigenvalue weighted by atomic mass is 16.5. The molecule has 2 aromatic rings. The number of ether oxygens (including phenoxy) is 1. The third-order valence-electron chi connectivity index (χ3n) is 5.10. The zero-order valence-electron chi connectivity index (χ0n) is 13.2. The Hall–Kier alpha value is -2.08. The summed E-state index contributed by atoms with van der Waals surface area (Å²) in [5.41, 5.74) is 1.41. The van der Waals surface area contributed by atoms with E-state index in [1.54, 1.807) is 0 Å². The van der Waals surface area contributed by atoms with Crippen molar-refractivity contribution in [3.05, 3.63) is 34.7 Å². The summed E-state index contributed by atoms with van der Waals surface area (Å²) in [4.78, 5) is 29.7. The maximum atomic E-state index is 12.5. The number of nitrogens with one attached hydrogen (secondary N) is 1. The van der Waals surface area contributed by atoms with Crippen molar-refractivity contribution in [2.75, 3.05) is 26.3 Å². The average Bonchev–Trinajstić information content (AvgIpc) is 2.88. The van der Waals surface area contributed by atoms with E-state index in [1.807, 2.05) is 40.7 Å². The fourth-order valence-electron chi connectivity index (χ4n) is 3.68. The molecule has 2 fully saturated rings. The molecule has 0 unspecified atom stereocenters. The molecule has 6 nitrogen and oxygen atoms in total. The number of fused-ring (bicyclic) bond motifs is 1. The molecular weight excluding hydrogens is 294 g/mol. The van der Waals surface area contributed by atoms with E-state index in [9.17, 15) is 9.59 Å². The molecule has 2 saturated heterocycles. The molecule has 4 rings (SSSR count). The Morgan fingerprint density at radius 1 is 1.26 bits per heavy atom. The topological polar surface area (TPSA) is 67.3 Å². The van der Waals surface area contributed by atoms with Crippen molar-refractivity contribution in [1.82, 2.24) is 14.5 Å². The van der Waals surface area contributed by atoms with Crippen LogP contribution in [-0.4, -0.2) is 46.7 Å². The minimum Gasteiger partial charge on any atom is -0.379 e. The number of aromatic nitrogens is 2. The zero-order valence-corrected chi connectivity index (χ0v) is 13.2. The molecule has 6 heteroatoms. The highest BCUT2D eigenvalue weighted by molar-refractivity contribution is 5.83. The second-order valence-corrected chi connectivity index (χ2v) is 6.89. The molecule has 1 N–H and O–H groups in total. The molecule has 0 atom stereocenters. The summed E-state index contributed by atoms with van der Waals surface area (Å²) >= 11 is 0. The van der Waals surface area contributed by atoms with Gasteiger partial charge in [0.15, 0.2) is 0 Å². The summed E-state index contributed by atoms with van der Waals surface area (Å²) in [7, 11) is 0. The van der Waals surface area contributed by atoms with Crippen LogP contribution >= 0.6 is 0 Å². The first-order chi connectivity index (χ1) is 11.1. The fraction of sp³-hybridized carbons (Fsp3) is 0.529. The van der Waals surface area contributed by atoms with Crippen LogP contribution < -0.4 is 5.69 Å². The normalized spacial score (nSPS) is 21.3. The quantitative estimate of drug-likeness (QED) is 0.914. The molecule has 0 aliphatic carbocycles. The van der Waals surface area contributed by atoms with E-state index < -0.39 is 0 Å². The summed E-state index contributed by atoms with van der Waals surface area (Å²) < 4.78 is 7.05. The predicted octanol–water partition coefficient (Wildman–Crippen LogP) is 1.53. The Balaban J connectivity index is 1.52. The summed E-state index contributed by atoms with van der Waals surface area (Å²) in [6.07, 6.45) is 1.62. The smallest absolute Gasteiger partial charge is 0.326 e. The van der Waals surface area contributed by atoms with Crippen LogP contribution in [0, 0.1) is 5.41 Å². The number of carbonyl (C=O) groups is 1. The van der Waals surface area contributed by atoms with Crippen molar-refractivity contribution in [3.8, 4) is 0 Å². The van der Waals surface area contributed by atoms with Crippen LogP contribution in [0.1, 0.15) is 25.8 Å². The minimum atomic E-state index is -0.343. The van der Waals surface area contributed by atoms with Crippen molar-refractivity contribution in [1.29, 1.82) is 0 Å².